The molecule has 0 radical (unpaired) electrons. The van der Waals surface area contributed by atoms with Gasteiger partial charge in [-0.25, -0.2) is 4.98 Å². The minimum Gasteiger partial charge on any atom is -0.481 e. The first kappa shape index (κ1) is 15.9. The van der Waals surface area contributed by atoms with Crippen LogP contribution in [0.1, 0.15) is 12.5 Å². The van der Waals surface area contributed by atoms with Crippen molar-refractivity contribution in [2.45, 2.75) is 25.5 Å². The molecule has 1 N–H and O–H groups in total. The van der Waals surface area contributed by atoms with Crippen molar-refractivity contribution in [2.24, 2.45) is 5.92 Å². The van der Waals surface area contributed by atoms with E-state index >= 15 is 0 Å². The Labute approximate surface area is 128 Å². The van der Waals surface area contributed by atoms with Crippen LogP contribution in [0, 0.1) is 12.8 Å². The van der Waals surface area contributed by atoms with Gasteiger partial charge in [0.25, 0.3) is 0 Å². The highest BCUT2D eigenvalue weighted by molar-refractivity contribution is 7.99. The number of hydrogen-bond donors (Lipinski definition) is 1. The smallest absolute Gasteiger partial charge is 0.313 e. The molecule has 0 aliphatic heterocycles. The Morgan fingerprint density at radius 1 is 1.52 bits per heavy atom. The van der Waals surface area contributed by atoms with Gasteiger partial charge in [-0.2, -0.15) is 0 Å². The molecule has 0 spiro atoms. The van der Waals surface area contributed by atoms with Crippen molar-refractivity contribution in [3.63, 3.8) is 0 Å². The molecule has 21 heavy (non-hydrogen) atoms. The van der Waals surface area contributed by atoms with Gasteiger partial charge in [0, 0.05) is 13.7 Å². The van der Waals surface area contributed by atoms with Crippen molar-refractivity contribution < 1.29 is 14.6 Å². The number of aryl methyl sites for hydroxylation is 1. The second-order valence-corrected chi connectivity index (χ2v) is 6.13. The van der Waals surface area contributed by atoms with E-state index in [0.29, 0.717) is 12.5 Å². The molecule has 0 saturated carbocycles. The summed E-state index contributed by atoms with van der Waals surface area (Å²) < 4.78 is 7.31. The summed E-state index contributed by atoms with van der Waals surface area (Å²) in [6, 6.07) is 5.98. The zero-order valence-corrected chi connectivity index (χ0v) is 13.3. The van der Waals surface area contributed by atoms with E-state index in [9.17, 15) is 4.79 Å². The van der Waals surface area contributed by atoms with Gasteiger partial charge in [0.05, 0.1) is 23.4 Å². The Kier molecular flexibility index (Phi) is 5.25. The quantitative estimate of drug-likeness (QED) is 0.797. The van der Waals surface area contributed by atoms with Gasteiger partial charge in [0.1, 0.15) is 0 Å². The normalized spacial score (nSPS) is 12.7. The van der Waals surface area contributed by atoms with Crippen molar-refractivity contribution >= 4 is 28.8 Å². The maximum absolute atomic E-state index is 10.8. The average Bonchev–Trinajstić information content (AvgIpc) is 2.76. The molecule has 5 nitrogen and oxygen atoms in total. The molecule has 0 amide bonds. The predicted octanol–water partition coefficient (Wildman–Crippen LogP) is 2.80. The van der Waals surface area contributed by atoms with Crippen LogP contribution >= 0.6 is 11.8 Å². The van der Waals surface area contributed by atoms with Crippen LogP contribution in [0.4, 0.5) is 0 Å². The Bertz CT molecular complexity index is 639. The number of imidazole rings is 1. The number of nitrogens with zero attached hydrogens (tertiary/aromatic N) is 2. The van der Waals surface area contributed by atoms with E-state index in [-0.39, 0.29) is 5.75 Å². The third kappa shape index (κ3) is 3.77. The molecule has 0 aliphatic carbocycles. The maximum Gasteiger partial charge on any atom is 0.313 e. The number of benzene rings is 1. The van der Waals surface area contributed by atoms with Crippen molar-refractivity contribution in [3.05, 3.63) is 23.8 Å². The van der Waals surface area contributed by atoms with Crippen LogP contribution in [-0.4, -0.2) is 40.1 Å². The third-order valence-corrected chi connectivity index (χ3v) is 4.16. The second-order valence-electron chi connectivity index (χ2n) is 5.19. The Hall–Kier alpha value is -1.53. The van der Waals surface area contributed by atoms with Crippen LogP contribution in [0.15, 0.2) is 23.4 Å². The lowest BCUT2D eigenvalue weighted by atomic mass is 10.1. The van der Waals surface area contributed by atoms with E-state index < -0.39 is 5.97 Å². The molecule has 1 aromatic heterocycles. The number of carboxylic acid groups (broad SMARTS) is 1. The molecular weight excluding hydrogens is 288 g/mol. The summed E-state index contributed by atoms with van der Waals surface area (Å²) in [6.07, 6.45) is 0. The maximum atomic E-state index is 10.8. The molecule has 2 aromatic rings. The van der Waals surface area contributed by atoms with Crippen molar-refractivity contribution in [1.82, 2.24) is 9.55 Å². The molecule has 1 aromatic carbocycles. The summed E-state index contributed by atoms with van der Waals surface area (Å²) >= 11 is 1.26. The number of rotatable bonds is 7. The molecule has 0 fully saturated rings. The van der Waals surface area contributed by atoms with Gasteiger partial charge in [-0.15, -0.1) is 0 Å². The number of carboxylic acids is 1. The van der Waals surface area contributed by atoms with Crippen molar-refractivity contribution in [2.75, 3.05) is 19.5 Å². The predicted molar refractivity (Wildman–Crippen MR) is 83.9 cm³/mol. The fraction of sp³-hybridized carbons (Fsp3) is 0.467. The highest BCUT2D eigenvalue weighted by atomic mass is 32.2. The van der Waals surface area contributed by atoms with Gasteiger partial charge in [0.2, 0.25) is 0 Å². The largest absolute Gasteiger partial charge is 0.481 e. The highest BCUT2D eigenvalue weighted by Crippen LogP contribution is 2.27. The van der Waals surface area contributed by atoms with E-state index in [0.717, 1.165) is 28.3 Å². The van der Waals surface area contributed by atoms with E-state index in [1.807, 2.05) is 25.1 Å². The fourth-order valence-electron chi connectivity index (χ4n) is 2.40. The first-order chi connectivity index (χ1) is 10.0. The molecule has 2 rings (SSSR count). The van der Waals surface area contributed by atoms with Crippen LogP contribution < -0.4 is 0 Å². The van der Waals surface area contributed by atoms with Gasteiger partial charge >= 0.3 is 5.97 Å². The Morgan fingerprint density at radius 2 is 2.29 bits per heavy atom. The van der Waals surface area contributed by atoms with Gasteiger partial charge < -0.3 is 14.4 Å². The minimum atomic E-state index is -0.833. The first-order valence-electron chi connectivity index (χ1n) is 6.82. The molecule has 6 heteroatoms. The average molecular weight is 308 g/mol. The summed E-state index contributed by atoms with van der Waals surface area (Å²) in [5, 5.41) is 9.64. The van der Waals surface area contributed by atoms with Crippen molar-refractivity contribution in [1.29, 1.82) is 0 Å². The number of fused-ring (bicyclic) bond motifs is 1. The summed E-state index contributed by atoms with van der Waals surface area (Å²) in [5.41, 5.74) is 3.13. The number of thioether (sulfide) groups is 1. The lowest BCUT2D eigenvalue weighted by Crippen LogP contribution is -2.14. The van der Waals surface area contributed by atoms with Gasteiger partial charge in [-0.3, -0.25) is 4.79 Å². The molecular formula is C15H20N2O3S. The number of ether oxygens (including phenoxy) is 1. The molecule has 0 aliphatic rings. The van der Waals surface area contributed by atoms with Gasteiger partial charge in [-0.05, 0) is 24.5 Å². The lowest BCUT2D eigenvalue weighted by Gasteiger charge is -2.15. The highest BCUT2D eigenvalue weighted by Gasteiger charge is 2.16. The van der Waals surface area contributed by atoms with Gasteiger partial charge in [0.15, 0.2) is 5.16 Å². The standard InChI is InChI=1S/C15H20N2O3S/c1-10(8-20-3)7-17-14-11(2)5-4-6-12(14)16-15(17)21-9-13(18)19/h4-6,10H,7-9H2,1-3H3,(H,18,19). The zero-order chi connectivity index (χ0) is 15.4. The first-order valence-corrected chi connectivity index (χ1v) is 7.81. The second kappa shape index (κ2) is 6.95. The molecule has 0 bridgehead atoms. The number of carbonyl (C=O) groups is 1. The molecule has 1 heterocycles. The SMILES string of the molecule is COCC(C)Cn1c(SCC(=O)O)nc2cccc(C)c21. The Balaban J connectivity index is 2.40. The van der Waals surface area contributed by atoms with E-state index in [2.05, 4.69) is 16.5 Å². The number of para-hydroxylation sites is 1. The van der Waals surface area contributed by atoms with Crippen LogP contribution in [0.3, 0.4) is 0 Å². The topological polar surface area (TPSA) is 64.3 Å². The monoisotopic (exact) mass is 308 g/mol. The van der Waals surface area contributed by atoms with Gasteiger partial charge in [-0.1, -0.05) is 30.8 Å². The van der Waals surface area contributed by atoms with E-state index in [4.69, 9.17) is 9.84 Å². The summed E-state index contributed by atoms with van der Waals surface area (Å²) in [5.74, 6) is -0.488. The molecule has 1 unspecified atom stereocenters. The van der Waals surface area contributed by atoms with E-state index in [1.165, 1.54) is 11.8 Å². The van der Waals surface area contributed by atoms with Crippen LogP contribution in [0.2, 0.25) is 0 Å². The van der Waals surface area contributed by atoms with Crippen LogP contribution in [0.25, 0.3) is 11.0 Å². The molecule has 114 valence electrons. The number of aromatic nitrogens is 2. The summed E-state index contributed by atoms with van der Waals surface area (Å²) in [7, 11) is 1.69. The summed E-state index contributed by atoms with van der Waals surface area (Å²) in [6.45, 7) is 5.58. The van der Waals surface area contributed by atoms with Crippen LogP contribution in [0.5, 0.6) is 0 Å². The van der Waals surface area contributed by atoms with E-state index in [1.54, 1.807) is 7.11 Å². The molecule has 1 atom stereocenters. The van der Waals surface area contributed by atoms with Crippen molar-refractivity contribution in [3.8, 4) is 0 Å². The number of methoxy groups -OCH3 is 1. The molecule has 0 saturated heterocycles. The number of aliphatic carboxylic acids is 1. The summed E-state index contributed by atoms with van der Waals surface area (Å²) in [4.78, 5) is 15.4. The Morgan fingerprint density at radius 3 is 2.95 bits per heavy atom. The lowest BCUT2D eigenvalue weighted by molar-refractivity contribution is -0.133. The number of hydrogen-bond acceptors (Lipinski definition) is 4. The third-order valence-electron chi connectivity index (χ3n) is 3.20. The minimum absolute atomic E-state index is 0.0149. The fourth-order valence-corrected chi connectivity index (χ4v) is 3.14. The zero-order valence-electron chi connectivity index (χ0n) is 12.5. The van der Waals surface area contributed by atoms with Crippen LogP contribution in [-0.2, 0) is 16.1 Å².